The molecular formula is C5H6FNO3S. The van der Waals surface area contributed by atoms with Gasteiger partial charge in [0.2, 0.25) is 0 Å². The molecule has 62 valence electrons. The zero-order valence-electron chi connectivity index (χ0n) is 5.38. The van der Waals surface area contributed by atoms with Gasteiger partial charge in [-0.3, -0.25) is 9.54 Å². The first kappa shape index (κ1) is 9.99. The predicted octanol–water partition coefficient (Wildman–Crippen LogP) is 0.840. The molecular weight excluding hydrogens is 173 g/mol. The maximum absolute atomic E-state index is 10.2. The number of hydrogen-bond donors (Lipinski definition) is 1. The summed E-state index contributed by atoms with van der Waals surface area (Å²) in [6, 6.07) is 5.72. The monoisotopic (exact) mass is 179 g/mol. The lowest BCUT2D eigenvalue weighted by molar-refractivity contribution is 0.435. The van der Waals surface area contributed by atoms with Gasteiger partial charge in [-0.05, 0) is 12.1 Å². The Morgan fingerprint density at radius 2 is 1.55 bits per heavy atom. The Morgan fingerprint density at radius 3 is 1.64 bits per heavy atom. The molecule has 11 heavy (non-hydrogen) atoms. The van der Waals surface area contributed by atoms with Gasteiger partial charge in [-0.15, -0.1) is 0 Å². The third-order valence-electron chi connectivity index (χ3n) is 0.566. The van der Waals surface area contributed by atoms with E-state index < -0.39 is 10.5 Å². The van der Waals surface area contributed by atoms with Gasteiger partial charge in [-0.1, -0.05) is 9.95 Å². The van der Waals surface area contributed by atoms with Crippen LogP contribution in [-0.2, 0) is 10.5 Å². The maximum atomic E-state index is 10.2. The number of nitrogens with zero attached hydrogens (tertiary/aromatic N) is 1. The standard InChI is InChI=1S/C5H5N.FHO3S/c1-2-4-6-5-3-1;1-5(2,3)4/h1-5H;(H,2,3,4). The molecule has 4 nitrogen and oxygen atoms in total. The van der Waals surface area contributed by atoms with Crippen molar-refractivity contribution in [3.63, 3.8) is 0 Å². The summed E-state index contributed by atoms with van der Waals surface area (Å²) in [7, 11) is -5.17. The van der Waals surface area contributed by atoms with Gasteiger partial charge in [0.05, 0.1) is 0 Å². The van der Waals surface area contributed by atoms with E-state index in [1.807, 2.05) is 18.2 Å². The Morgan fingerprint density at radius 1 is 1.18 bits per heavy atom. The highest BCUT2D eigenvalue weighted by Gasteiger charge is 1.89. The second-order valence-corrected chi connectivity index (χ2v) is 2.26. The van der Waals surface area contributed by atoms with Crippen molar-refractivity contribution in [3.8, 4) is 0 Å². The first-order valence-corrected chi connectivity index (χ1v) is 3.86. The minimum absolute atomic E-state index is 1.75. The van der Waals surface area contributed by atoms with Crippen molar-refractivity contribution in [2.24, 2.45) is 0 Å². The third-order valence-corrected chi connectivity index (χ3v) is 0.566. The molecule has 0 fully saturated rings. The zero-order chi connectivity index (χ0) is 8.74. The fourth-order valence-electron chi connectivity index (χ4n) is 0.313. The lowest BCUT2D eigenvalue weighted by Crippen LogP contribution is -1.80. The lowest BCUT2D eigenvalue weighted by atomic mass is 10.5. The summed E-state index contributed by atoms with van der Waals surface area (Å²) in [5.41, 5.74) is 0. The van der Waals surface area contributed by atoms with E-state index in [0.717, 1.165) is 0 Å². The molecule has 0 aromatic carbocycles. The van der Waals surface area contributed by atoms with Gasteiger partial charge in [-0.2, -0.15) is 8.42 Å². The molecule has 6 heteroatoms. The minimum atomic E-state index is -5.17. The number of halogens is 1. The van der Waals surface area contributed by atoms with Crippen LogP contribution in [0.4, 0.5) is 3.89 Å². The van der Waals surface area contributed by atoms with Gasteiger partial charge in [-0.25, -0.2) is 0 Å². The van der Waals surface area contributed by atoms with E-state index in [4.69, 9.17) is 13.0 Å². The molecule has 0 radical (unpaired) electrons. The first-order chi connectivity index (χ1) is 5.00. The van der Waals surface area contributed by atoms with Gasteiger partial charge >= 0.3 is 10.5 Å². The fraction of sp³-hybridized carbons (Fsp3) is 0. The van der Waals surface area contributed by atoms with Gasteiger partial charge in [0, 0.05) is 12.4 Å². The van der Waals surface area contributed by atoms with E-state index in [2.05, 4.69) is 4.98 Å². The second kappa shape index (κ2) is 4.75. The SMILES string of the molecule is O=S(=O)(O)F.c1ccncc1. The summed E-state index contributed by atoms with van der Waals surface area (Å²) < 4.78 is 34.1. The lowest BCUT2D eigenvalue weighted by Gasteiger charge is -1.70. The molecule has 0 saturated heterocycles. The largest absolute Gasteiger partial charge is 0.435 e. The van der Waals surface area contributed by atoms with Crippen molar-refractivity contribution in [3.05, 3.63) is 30.6 Å². The summed E-state index contributed by atoms with van der Waals surface area (Å²) in [6.45, 7) is 0. The van der Waals surface area contributed by atoms with Crippen LogP contribution in [0.25, 0.3) is 0 Å². The van der Waals surface area contributed by atoms with Crippen molar-refractivity contribution in [2.75, 3.05) is 0 Å². The topological polar surface area (TPSA) is 67.3 Å². The molecule has 0 saturated carbocycles. The average Bonchev–Trinajstić information content (AvgIpc) is 1.88. The Balaban J connectivity index is 0.000000187. The summed E-state index contributed by atoms with van der Waals surface area (Å²) in [6.07, 6.45) is 3.50. The van der Waals surface area contributed by atoms with E-state index >= 15 is 0 Å². The van der Waals surface area contributed by atoms with Crippen molar-refractivity contribution in [2.45, 2.75) is 0 Å². The quantitative estimate of drug-likeness (QED) is 0.473. The van der Waals surface area contributed by atoms with Crippen LogP contribution >= 0.6 is 0 Å². The van der Waals surface area contributed by atoms with Crippen molar-refractivity contribution >= 4 is 10.5 Å². The van der Waals surface area contributed by atoms with Gasteiger partial charge in [0.1, 0.15) is 0 Å². The van der Waals surface area contributed by atoms with E-state index in [-0.39, 0.29) is 0 Å². The van der Waals surface area contributed by atoms with Crippen LogP contribution < -0.4 is 0 Å². The molecule has 1 N–H and O–H groups in total. The fourth-order valence-corrected chi connectivity index (χ4v) is 0.313. The molecule has 0 bridgehead atoms. The zero-order valence-corrected chi connectivity index (χ0v) is 6.20. The molecule has 1 aromatic heterocycles. The molecule has 0 atom stereocenters. The van der Waals surface area contributed by atoms with Crippen LogP contribution in [0, 0.1) is 0 Å². The normalized spacial score (nSPS) is 9.64. The Hall–Kier alpha value is -1.01. The highest BCUT2D eigenvalue weighted by Crippen LogP contribution is 1.74. The van der Waals surface area contributed by atoms with E-state index in [9.17, 15) is 3.89 Å². The Labute approximate surface area is 63.7 Å². The van der Waals surface area contributed by atoms with Crippen LogP contribution in [-0.4, -0.2) is 18.0 Å². The minimum Gasteiger partial charge on any atom is -0.265 e. The predicted molar refractivity (Wildman–Crippen MR) is 36.9 cm³/mol. The molecule has 0 aliphatic rings. The summed E-state index contributed by atoms with van der Waals surface area (Å²) in [5.74, 6) is 0. The van der Waals surface area contributed by atoms with Gasteiger partial charge < -0.3 is 0 Å². The molecule has 0 spiro atoms. The number of aromatic nitrogens is 1. The summed E-state index contributed by atoms with van der Waals surface area (Å²) in [5, 5.41) is 0. The Bertz CT molecular complexity index is 238. The maximum Gasteiger partial charge on any atom is 0.435 e. The van der Waals surface area contributed by atoms with E-state index in [0.29, 0.717) is 0 Å². The van der Waals surface area contributed by atoms with Crippen molar-refractivity contribution in [1.29, 1.82) is 0 Å². The van der Waals surface area contributed by atoms with Crippen LogP contribution in [0.3, 0.4) is 0 Å². The summed E-state index contributed by atoms with van der Waals surface area (Å²) in [4.78, 5) is 3.78. The third kappa shape index (κ3) is 17.6. The Kier molecular flexibility index (Phi) is 4.32. The molecule has 0 aliphatic heterocycles. The van der Waals surface area contributed by atoms with Crippen molar-refractivity contribution in [1.82, 2.24) is 4.98 Å². The van der Waals surface area contributed by atoms with Gasteiger partial charge in [0.15, 0.2) is 0 Å². The van der Waals surface area contributed by atoms with E-state index in [1.165, 1.54) is 0 Å². The molecule has 0 unspecified atom stereocenters. The second-order valence-electron chi connectivity index (χ2n) is 1.44. The molecule has 1 aromatic rings. The van der Waals surface area contributed by atoms with Crippen LogP contribution in [0.1, 0.15) is 0 Å². The van der Waals surface area contributed by atoms with Crippen LogP contribution in [0.5, 0.6) is 0 Å². The van der Waals surface area contributed by atoms with Crippen LogP contribution in [0.2, 0.25) is 0 Å². The number of hydrogen-bond acceptors (Lipinski definition) is 3. The van der Waals surface area contributed by atoms with Gasteiger partial charge in [0.25, 0.3) is 0 Å². The molecule has 1 rings (SSSR count). The highest BCUT2D eigenvalue weighted by molar-refractivity contribution is 7.80. The molecule has 1 heterocycles. The number of rotatable bonds is 0. The van der Waals surface area contributed by atoms with E-state index in [1.54, 1.807) is 12.4 Å². The number of pyridine rings is 1. The van der Waals surface area contributed by atoms with Crippen molar-refractivity contribution < 1.29 is 16.9 Å². The molecule has 0 amide bonds. The summed E-state index contributed by atoms with van der Waals surface area (Å²) >= 11 is 0. The average molecular weight is 179 g/mol. The van der Waals surface area contributed by atoms with Crippen LogP contribution in [0.15, 0.2) is 30.6 Å². The highest BCUT2D eigenvalue weighted by atomic mass is 32.3. The first-order valence-electron chi connectivity index (χ1n) is 2.52. The molecule has 0 aliphatic carbocycles. The smallest absolute Gasteiger partial charge is 0.265 e.